The van der Waals surface area contributed by atoms with Gasteiger partial charge in [0.1, 0.15) is 12.3 Å². The third kappa shape index (κ3) is 5.89. The first-order valence-corrected chi connectivity index (χ1v) is 13.2. The second-order valence-electron chi connectivity index (χ2n) is 8.24. The number of amides is 1. The molecule has 1 N–H and O–H groups in total. The zero-order valence-electron chi connectivity index (χ0n) is 19.5. The lowest BCUT2D eigenvalue weighted by atomic mass is 10.2. The number of nitrogens with zero attached hydrogens (tertiary/aromatic N) is 2. The molecule has 9 heteroatoms. The number of anilines is 2. The highest BCUT2D eigenvalue weighted by atomic mass is 35.5. The van der Waals surface area contributed by atoms with E-state index in [1.54, 1.807) is 30.3 Å². The van der Waals surface area contributed by atoms with Crippen molar-refractivity contribution in [2.24, 2.45) is 0 Å². The second-order valence-corrected chi connectivity index (χ2v) is 10.5. The van der Waals surface area contributed by atoms with Crippen molar-refractivity contribution in [3.63, 3.8) is 0 Å². The number of halogens is 1. The Morgan fingerprint density at radius 3 is 2.60 bits per heavy atom. The quantitative estimate of drug-likeness (QED) is 0.413. The number of ether oxygens (including phenoxy) is 1. The van der Waals surface area contributed by atoms with Crippen LogP contribution in [-0.2, 0) is 21.2 Å². The first-order chi connectivity index (χ1) is 16.9. The number of rotatable bonds is 10. The number of hydrogen-bond donors (Lipinski definition) is 1. The van der Waals surface area contributed by atoms with E-state index in [1.165, 1.54) is 36.6 Å². The summed E-state index contributed by atoms with van der Waals surface area (Å²) in [5.74, 6) is 0.153. The molecule has 0 spiro atoms. The summed E-state index contributed by atoms with van der Waals surface area (Å²) in [5.41, 5.74) is 2.91. The third-order valence-corrected chi connectivity index (χ3v) is 7.96. The molecule has 3 aromatic rings. The number of benzene rings is 3. The minimum absolute atomic E-state index is 0.0544. The van der Waals surface area contributed by atoms with Crippen LogP contribution in [0.1, 0.15) is 12.0 Å². The van der Waals surface area contributed by atoms with E-state index in [4.69, 9.17) is 16.3 Å². The van der Waals surface area contributed by atoms with Gasteiger partial charge in [-0.1, -0.05) is 35.9 Å². The van der Waals surface area contributed by atoms with Gasteiger partial charge in [0, 0.05) is 30.3 Å². The van der Waals surface area contributed by atoms with Gasteiger partial charge in [0.05, 0.1) is 17.7 Å². The fourth-order valence-electron chi connectivity index (χ4n) is 4.14. The van der Waals surface area contributed by atoms with E-state index in [-0.39, 0.29) is 17.3 Å². The molecule has 0 saturated heterocycles. The summed E-state index contributed by atoms with van der Waals surface area (Å²) in [5, 5.41) is 3.24. The van der Waals surface area contributed by atoms with Gasteiger partial charge in [-0.25, -0.2) is 8.42 Å². The Bertz CT molecular complexity index is 1280. The van der Waals surface area contributed by atoms with Crippen molar-refractivity contribution in [2.75, 3.05) is 42.5 Å². The zero-order valence-corrected chi connectivity index (χ0v) is 21.1. The molecule has 0 fully saturated rings. The lowest BCUT2D eigenvalue weighted by Gasteiger charge is -2.24. The van der Waals surface area contributed by atoms with Gasteiger partial charge in [-0.2, -0.15) is 0 Å². The Hall–Kier alpha value is -3.23. The van der Waals surface area contributed by atoms with Gasteiger partial charge in [0.2, 0.25) is 5.91 Å². The molecule has 0 bridgehead atoms. The van der Waals surface area contributed by atoms with Gasteiger partial charge >= 0.3 is 0 Å². The molecule has 184 valence electrons. The number of sulfonamides is 1. The SMILES string of the molecule is COc1ccc(S(=O)(=O)N(CC(=O)NCCCN2CCc3ccccc32)c2cccc(Cl)c2)cc1. The van der Waals surface area contributed by atoms with Crippen LogP contribution >= 0.6 is 11.6 Å². The number of methoxy groups -OCH3 is 1. The summed E-state index contributed by atoms with van der Waals surface area (Å²) < 4.78 is 33.1. The highest BCUT2D eigenvalue weighted by Crippen LogP contribution is 2.28. The summed E-state index contributed by atoms with van der Waals surface area (Å²) in [6.45, 7) is 1.88. The molecule has 4 rings (SSSR count). The normalized spacial score (nSPS) is 12.8. The van der Waals surface area contributed by atoms with Crippen LogP contribution in [0.15, 0.2) is 77.7 Å². The molecule has 0 saturated carbocycles. The second kappa shape index (κ2) is 11.0. The number of fused-ring (bicyclic) bond motifs is 1. The molecule has 35 heavy (non-hydrogen) atoms. The van der Waals surface area contributed by atoms with Crippen LogP contribution in [0.2, 0.25) is 5.02 Å². The van der Waals surface area contributed by atoms with E-state index in [1.807, 2.05) is 12.1 Å². The fourth-order valence-corrected chi connectivity index (χ4v) is 5.74. The number of nitrogens with one attached hydrogen (secondary N) is 1. The Morgan fingerprint density at radius 1 is 1.09 bits per heavy atom. The molecular weight excluding hydrogens is 486 g/mol. The molecule has 1 aliphatic heterocycles. The smallest absolute Gasteiger partial charge is 0.264 e. The largest absolute Gasteiger partial charge is 0.497 e. The van der Waals surface area contributed by atoms with Gasteiger partial charge < -0.3 is 15.0 Å². The van der Waals surface area contributed by atoms with E-state index in [9.17, 15) is 13.2 Å². The number of carbonyl (C=O) groups is 1. The van der Waals surface area contributed by atoms with Crippen molar-refractivity contribution < 1.29 is 17.9 Å². The molecule has 0 aliphatic carbocycles. The van der Waals surface area contributed by atoms with Crippen LogP contribution in [0.4, 0.5) is 11.4 Å². The monoisotopic (exact) mass is 513 g/mol. The summed E-state index contributed by atoms with van der Waals surface area (Å²) >= 11 is 6.12. The number of hydrogen-bond acceptors (Lipinski definition) is 5. The van der Waals surface area contributed by atoms with Crippen LogP contribution in [-0.4, -0.2) is 47.6 Å². The molecule has 0 atom stereocenters. The molecule has 1 amide bonds. The fraction of sp³-hybridized carbons (Fsp3) is 0.269. The Labute approximate surface area is 211 Å². The highest BCUT2D eigenvalue weighted by molar-refractivity contribution is 7.92. The van der Waals surface area contributed by atoms with Gasteiger partial charge in [-0.15, -0.1) is 0 Å². The Kier molecular flexibility index (Phi) is 7.83. The van der Waals surface area contributed by atoms with Gasteiger partial charge in [0.25, 0.3) is 10.0 Å². The molecule has 3 aromatic carbocycles. The van der Waals surface area contributed by atoms with E-state index in [0.29, 0.717) is 23.0 Å². The van der Waals surface area contributed by atoms with Crippen molar-refractivity contribution in [1.29, 1.82) is 0 Å². The maximum atomic E-state index is 13.5. The predicted octanol–water partition coefficient (Wildman–Crippen LogP) is 4.11. The van der Waals surface area contributed by atoms with Crippen molar-refractivity contribution in [1.82, 2.24) is 5.32 Å². The van der Waals surface area contributed by atoms with E-state index >= 15 is 0 Å². The van der Waals surface area contributed by atoms with Crippen LogP contribution in [0, 0.1) is 0 Å². The standard InChI is InChI=1S/C26H28ClN3O4S/c1-34-23-10-12-24(13-11-23)35(32,33)30(22-8-4-7-21(27)18-22)19-26(31)28-15-5-16-29-17-14-20-6-2-3-9-25(20)29/h2-4,6-13,18H,5,14-17,19H2,1H3,(H,28,31). The molecule has 1 heterocycles. The van der Waals surface area contributed by atoms with Crippen LogP contribution in [0.5, 0.6) is 5.75 Å². The summed E-state index contributed by atoms with van der Waals surface area (Å²) in [6.07, 6.45) is 1.78. The maximum absolute atomic E-state index is 13.5. The topological polar surface area (TPSA) is 79.0 Å². The van der Waals surface area contributed by atoms with Crippen LogP contribution in [0.3, 0.4) is 0 Å². The number of para-hydroxylation sites is 1. The minimum Gasteiger partial charge on any atom is -0.497 e. The van der Waals surface area contributed by atoms with Crippen molar-refractivity contribution >= 4 is 38.9 Å². The first-order valence-electron chi connectivity index (χ1n) is 11.4. The third-order valence-electron chi connectivity index (χ3n) is 5.94. The van der Waals surface area contributed by atoms with E-state index < -0.39 is 10.0 Å². The summed E-state index contributed by atoms with van der Waals surface area (Å²) in [7, 11) is -2.51. The van der Waals surface area contributed by atoms with Crippen LogP contribution < -0.4 is 19.3 Å². The predicted molar refractivity (Wildman–Crippen MR) is 139 cm³/mol. The summed E-state index contributed by atoms with van der Waals surface area (Å²) in [6, 6.07) is 20.8. The molecule has 0 unspecified atom stereocenters. The zero-order chi connectivity index (χ0) is 24.8. The van der Waals surface area contributed by atoms with E-state index in [0.717, 1.165) is 30.2 Å². The van der Waals surface area contributed by atoms with E-state index in [2.05, 4.69) is 22.3 Å². The Balaban J connectivity index is 1.42. The van der Waals surface area contributed by atoms with Crippen molar-refractivity contribution in [2.45, 2.75) is 17.7 Å². The lowest BCUT2D eigenvalue weighted by Crippen LogP contribution is -2.41. The molecule has 0 radical (unpaired) electrons. The van der Waals surface area contributed by atoms with Crippen molar-refractivity contribution in [3.05, 3.63) is 83.4 Å². The molecule has 7 nitrogen and oxygen atoms in total. The number of carbonyl (C=O) groups excluding carboxylic acids is 1. The Morgan fingerprint density at radius 2 is 1.86 bits per heavy atom. The van der Waals surface area contributed by atoms with Gasteiger partial charge in [-0.3, -0.25) is 9.10 Å². The molecule has 1 aliphatic rings. The molecule has 0 aromatic heterocycles. The van der Waals surface area contributed by atoms with Crippen molar-refractivity contribution in [3.8, 4) is 5.75 Å². The van der Waals surface area contributed by atoms with Gasteiger partial charge in [0.15, 0.2) is 0 Å². The van der Waals surface area contributed by atoms with Gasteiger partial charge in [-0.05, 0) is 66.9 Å². The maximum Gasteiger partial charge on any atom is 0.264 e. The highest BCUT2D eigenvalue weighted by Gasteiger charge is 2.27. The molecular formula is C26H28ClN3O4S. The minimum atomic E-state index is -4.02. The average Bonchev–Trinajstić information content (AvgIpc) is 3.28. The average molecular weight is 514 g/mol. The summed E-state index contributed by atoms with van der Waals surface area (Å²) in [4.78, 5) is 15.2. The first kappa shape index (κ1) is 24.9. The lowest BCUT2D eigenvalue weighted by molar-refractivity contribution is -0.119. The van der Waals surface area contributed by atoms with Crippen LogP contribution in [0.25, 0.3) is 0 Å².